The van der Waals surface area contributed by atoms with Crippen LogP contribution in [0.15, 0.2) is 17.3 Å². The first-order valence-corrected chi connectivity index (χ1v) is 5.38. The number of rotatable bonds is 3. The van der Waals surface area contributed by atoms with Gasteiger partial charge in [-0.15, -0.1) is 0 Å². The fourth-order valence-corrected chi connectivity index (χ4v) is 1.60. The van der Waals surface area contributed by atoms with E-state index in [0.717, 1.165) is 31.8 Å². The van der Waals surface area contributed by atoms with Crippen molar-refractivity contribution in [2.45, 2.75) is 19.8 Å². The molecule has 1 amide bonds. The van der Waals surface area contributed by atoms with Crippen molar-refractivity contribution in [2.24, 2.45) is 16.6 Å². The molecule has 0 unspecified atom stereocenters. The predicted octanol–water partition coefficient (Wildman–Crippen LogP) is 0.788. The monoisotopic (exact) mass is 209 g/mol. The second-order valence-electron chi connectivity index (χ2n) is 3.94. The Balaban J connectivity index is 2.28. The molecule has 84 valence electrons. The minimum atomic E-state index is 0.114. The molecule has 0 saturated carbocycles. The number of carbonyl (C=O) groups is 1. The fourth-order valence-electron chi connectivity index (χ4n) is 1.60. The van der Waals surface area contributed by atoms with Crippen molar-refractivity contribution in [1.82, 2.24) is 4.90 Å². The Morgan fingerprint density at radius 1 is 1.53 bits per heavy atom. The summed E-state index contributed by atoms with van der Waals surface area (Å²) in [4.78, 5) is 17.5. The van der Waals surface area contributed by atoms with Crippen molar-refractivity contribution < 1.29 is 4.79 Å². The highest BCUT2D eigenvalue weighted by Gasteiger charge is 2.19. The average Bonchev–Trinajstić information content (AvgIpc) is 2.25. The summed E-state index contributed by atoms with van der Waals surface area (Å²) in [5, 5.41) is 0. The summed E-state index contributed by atoms with van der Waals surface area (Å²) in [7, 11) is 0. The number of amides is 1. The number of hydrogen-bond donors (Lipinski definition) is 1. The van der Waals surface area contributed by atoms with Gasteiger partial charge in [-0.3, -0.25) is 9.79 Å². The van der Waals surface area contributed by atoms with Crippen LogP contribution in [0, 0.1) is 5.92 Å². The summed E-state index contributed by atoms with van der Waals surface area (Å²) in [6, 6.07) is 0. The van der Waals surface area contributed by atoms with Gasteiger partial charge in [-0.2, -0.15) is 0 Å². The van der Waals surface area contributed by atoms with Crippen LogP contribution in [0.3, 0.4) is 0 Å². The Morgan fingerprint density at radius 3 is 2.80 bits per heavy atom. The molecule has 0 radical (unpaired) electrons. The first kappa shape index (κ1) is 11.8. The molecule has 1 rings (SSSR count). The molecule has 0 aromatic heterocycles. The minimum Gasteiger partial charge on any atom is -0.405 e. The number of aliphatic imine (C=N–C) groups is 1. The smallest absolute Gasteiger partial charge is 0.244 e. The third-order valence-electron chi connectivity index (χ3n) is 2.67. The lowest BCUT2D eigenvalue weighted by Crippen LogP contribution is -2.39. The van der Waals surface area contributed by atoms with Crippen molar-refractivity contribution in [1.29, 1.82) is 0 Å². The second-order valence-corrected chi connectivity index (χ2v) is 3.94. The molecule has 0 aliphatic carbocycles. The third kappa shape index (κ3) is 4.14. The highest BCUT2D eigenvalue weighted by Crippen LogP contribution is 2.15. The van der Waals surface area contributed by atoms with Crippen molar-refractivity contribution >= 4 is 12.1 Å². The van der Waals surface area contributed by atoms with Crippen LogP contribution in [0.4, 0.5) is 0 Å². The molecule has 1 saturated heterocycles. The lowest BCUT2D eigenvalue weighted by Gasteiger charge is -2.29. The topological polar surface area (TPSA) is 58.7 Å². The van der Waals surface area contributed by atoms with Crippen LogP contribution in [-0.4, -0.2) is 36.7 Å². The van der Waals surface area contributed by atoms with Gasteiger partial charge in [0.2, 0.25) is 5.91 Å². The van der Waals surface area contributed by atoms with Crippen LogP contribution in [0.1, 0.15) is 19.8 Å². The van der Waals surface area contributed by atoms with E-state index in [2.05, 4.69) is 11.9 Å². The number of piperidine rings is 1. The molecule has 0 aromatic carbocycles. The summed E-state index contributed by atoms with van der Waals surface area (Å²) in [6.07, 6.45) is 6.79. The summed E-state index contributed by atoms with van der Waals surface area (Å²) in [5.74, 6) is 0.862. The van der Waals surface area contributed by atoms with Crippen molar-refractivity contribution in [3.63, 3.8) is 0 Å². The number of hydrogen-bond acceptors (Lipinski definition) is 3. The Labute approximate surface area is 90.8 Å². The number of likely N-dealkylation sites (tertiary alicyclic amines) is 1. The average molecular weight is 209 g/mol. The first-order valence-electron chi connectivity index (χ1n) is 5.38. The van der Waals surface area contributed by atoms with E-state index in [4.69, 9.17) is 5.73 Å². The Morgan fingerprint density at radius 2 is 2.20 bits per heavy atom. The van der Waals surface area contributed by atoms with Crippen molar-refractivity contribution in [3.8, 4) is 0 Å². The lowest BCUT2D eigenvalue weighted by molar-refractivity contribution is -0.130. The van der Waals surface area contributed by atoms with Crippen molar-refractivity contribution in [3.05, 3.63) is 12.3 Å². The zero-order valence-corrected chi connectivity index (χ0v) is 9.22. The van der Waals surface area contributed by atoms with E-state index in [1.165, 1.54) is 6.20 Å². The van der Waals surface area contributed by atoms with E-state index >= 15 is 0 Å². The Bertz CT molecular complexity index is 253. The van der Waals surface area contributed by atoms with Gasteiger partial charge in [0.05, 0.1) is 0 Å². The molecule has 0 bridgehead atoms. The molecule has 1 heterocycles. The highest BCUT2D eigenvalue weighted by atomic mass is 16.2. The second kappa shape index (κ2) is 6.22. The van der Waals surface area contributed by atoms with E-state index in [1.54, 1.807) is 12.3 Å². The molecular formula is C11H19N3O. The molecule has 4 nitrogen and oxygen atoms in total. The quantitative estimate of drug-likeness (QED) is 0.698. The maximum atomic E-state index is 11.6. The number of carbonyl (C=O) groups excluding carboxylic acids is 1. The molecular weight excluding hydrogens is 190 g/mol. The van der Waals surface area contributed by atoms with E-state index in [1.807, 2.05) is 4.90 Å². The standard InChI is InChI=1S/C11H19N3O/c1-10-3-7-14(8-4-10)11(15)9-13-6-2-5-12/h2,5-6,10H,3-4,7-9,12H2,1H3/b5-2-,13-6?. The third-order valence-corrected chi connectivity index (χ3v) is 2.67. The van der Waals surface area contributed by atoms with Crippen LogP contribution in [-0.2, 0) is 4.79 Å². The predicted molar refractivity (Wildman–Crippen MR) is 61.7 cm³/mol. The van der Waals surface area contributed by atoms with Gasteiger partial charge in [0.15, 0.2) is 0 Å². The highest BCUT2D eigenvalue weighted by molar-refractivity contribution is 5.81. The molecule has 0 atom stereocenters. The molecule has 1 fully saturated rings. The minimum absolute atomic E-state index is 0.114. The summed E-state index contributed by atoms with van der Waals surface area (Å²) >= 11 is 0. The van der Waals surface area contributed by atoms with Crippen LogP contribution in [0.2, 0.25) is 0 Å². The largest absolute Gasteiger partial charge is 0.405 e. The summed E-state index contributed by atoms with van der Waals surface area (Å²) < 4.78 is 0. The molecule has 4 heteroatoms. The van der Waals surface area contributed by atoms with Crippen molar-refractivity contribution in [2.75, 3.05) is 19.6 Å². The first-order chi connectivity index (χ1) is 7.24. The molecule has 15 heavy (non-hydrogen) atoms. The van der Waals surface area contributed by atoms with E-state index < -0.39 is 0 Å². The Hall–Kier alpha value is -1.32. The molecule has 1 aliphatic rings. The van der Waals surface area contributed by atoms with Crippen LogP contribution in [0.25, 0.3) is 0 Å². The summed E-state index contributed by atoms with van der Waals surface area (Å²) in [5.41, 5.74) is 5.14. The Kier molecular flexibility index (Phi) is 4.87. The maximum Gasteiger partial charge on any atom is 0.244 e. The zero-order chi connectivity index (χ0) is 11.1. The molecule has 0 spiro atoms. The number of nitrogens with zero attached hydrogens (tertiary/aromatic N) is 2. The van der Waals surface area contributed by atoms with E-state index in [0.29, 0.717) is 0 Å². The van der Waals surface area contributed by atoms with Gasteiger partial charge in [-0.1, -0.05) is 6.92 Å². The molecule has 1 aliphatic heterocycles. The lowest BCUT2D eigenvalue weighted by atomic mass is 9.99. The van der Waals surface area contributed by atoms with Gasteiger partial charge in [0.1, 0.15) is 6.54 Å². The number of nitrogens with two attached hydrogens (primary N) is 1. The van der Waals surface area contributed by atoms with Gasteiger partial charge in [-0.05, 0) is 31.0 Å². The van der Waals surface area contributed by atoms with Gasteiger partial charge >= 0.3 is 0 Å². The molecule has 0 aromatic rings. The van der Waals surface area contributed by atoms with Crippen LogP contribution < -0.4 is 5.73 Å². The van der Waals surface area contributed by atoms with E-state index in [-0.39, 0.29) is 12.5 Å². The van der Waals surface area contributed by atoms with Gasteiger partial charge in [0.25, 0.3) is 0 Å². The van der Waals surface area contributed by atoms with Gasteiger partial charge in [-0.25, -0.2) is 0 Å². The van der Waals surface area contributed by atoms with Crippen LogP contribution in [0.5, 0.6) is 0 Å². The normalized spacial score (nSPS) is 19.1. The molecule has 2 N–H and O–H groups in total. The van der Waals surface area contributed by atoms with E-state index in [9.17, 15) is 4.79 Å². The number of allylic oxidation sites excluding steroid dienone is 1. The van der Waals surface area contributed by atoms with Crippen LogP contribution >= 0.6 is 0 Å². The summed E-state index contributed by atoms with van der Waals surface area (Å²) in [6.45, 7) is 4.22. The zero-order valence-electron chi connectivity index (χ0n) is 9.22. The fraction of sp³-hybridized carbons (Fsp3) is 0.636. The van der Waals surface area contributed by atoms with Gasteiger partial charge < -0.3 is 10.6 Å². The maximum absolute atomic E-state index is 11.6. The van der Waals surface area contributed by atoms with Gasteiger partial charge in [0, 0.05) is 19.3 Å². The SMILES string of the molecule is CC1CCN(C(=O)CN=C/C=C\N)CC1.